The number of likely N-dealkylation sites (N-methyl/N-ethyl adjacent to an activating group) is 1. The summed E-state index contributed by atoms with van der Waals surface area (Å²) in [5, 5.41) is 3.42. The Morgan fingerprint density at radius 3 is 2.52 bits per heavy atom. The van der Waals surface area contributed by atoms with Crippen molar-refractivity contribution < 1.29 is 9.47 Å². The van der Waals surface area contributed by atoms with Crippen LogP contribution in [-0.2, 0) is 4.74 Å². The van der Waals surface area contributed by atoms with E-state index in [0.29, 0.717) is 12.6 Å². The molecule has 0 saturated heterocycles. The second-order valence-electron chi connectivity index (χ2n) is 5.39. The van der Waals surface area contributed by atoms with E-state index in [-0.39, 0.29) is 6.04 Å². The normalized spacial score (nSPS) is 12.9. The van der Waals surface area contributed by atoms with Crippen LogP contribution in [0.2, 0.25) is 0 Å². The molecule has 1 rings (SSSR count). The van der Waals surface area contributed by atoms with E-state index < -0.39 is 0 Å². The first-order valence-electron chi connectivity index (χ1n) is 7.76. The number of hydrogen-bond acceptors (Lipinski definition) is 4. The minimum absolute atomic E-state index is 0.243. The van der Waals surface area contributed by atoms with Gasteiger partial charge in [0.05, 0.1) is 13.2 Å². The molecule has 1 aromatic carbocycles. The number of nitrogens with one attached hydrogen (secondary N) is 1. The van der Waals surface area contributed by atoms with Gasteiger partial charge in [-0.25, -0.2) is 0 Å². The van der Waals surface area contributed by atoms with Gasteiger partial charge in [0.1, 0.15) is 5.75 Å². The summed E-state index contributed by atoms with van der Waals surface area (Å²) >= 11 is 0. The molecule has 120 valence electrons. The summed E-state index contributed by atoms with van der Waals surface area (Å²) in [6.45, 7) is 9.76. The van der Waals surface area contributed by atoms with Gasteiger partial charge in [-0.2, -0.15) is 0 Å². The first kappa shape index (κ1) is 18.0. The van der Waals surface area contributed by atoms with E-state index >= 15 is 0 Å². The summed E-state index contributed by atoms with van der Waals surface area (Å²) < 4.78 is 11.0. The highest BCUT2D eigenvalue weighted by molar-refractivity contribution is 5.36. The molecule has 0 aliphatic heterocycles. The van der Waals surface area contributed by atoms with Crippen molar-refractivity contribution >= 4 is 0 Å². The standard InChI is InChI=1S/C17H30N2O2/c1-6-21-17-10-8-7-9-15(17)16(18-4)13-19(14(2)3)11-12-20-5/h7-10,14,16,18H,6,11-13H2,1-5H3. The van der Waals surface area contributed by atoms with Crippen LogP contribution in [0.1, 0.15) is 32.4 Å². The smallest absolute Gasteiger partial charge is 0.124 e. The third-order valence-electron chi connectivity index (χ3n) is 3.67. The average Bonchev–Trinajstić information content (AvgIpc) is 2.48. The van der Waals surface area contributed by atoms with E-state index in [1.54, 1.807) is 7.11 Å². The minimum atomic E-state index is 0.243. The topological polar surface area (TPSA) is 33.7 Å². The molecule has 1 N–H and O–H groups in total. The Morgan fingerprint density at radius 2 is 1.95 bits per heavy atom. The molecule has 4 nitrogen and oxygen atoms in total. The fourth-order valence-corrected chi connectivity index (χ4v) is 2.40. The summed E-state index contributed by atoms with van der Waals surface area (Å²) in [6, 6.07) is 8.99. The molecule has 0 fully saturated rings. The third kappa shape index (κ3) is 5.65. The zero-order valence-corrected chi connectivity index (χ0v) is 14.1. The second-order valence-corrected chi connectivity index (χ2v) is 5.39. The third-order valence-corrected chi connectivity index (χ3v) is 3.67. The summed E-state index contributed by atoms with van der Waals surface area (Å²) in [6.07, 6.45) is 0. The van der Waals surface area contributed by atoms with Crippen molar-refractivity contribution in [1.29, 1.82) is 0 Å². The summed E-state index contributed by atoms with van der Waals surface area (Å²) in [5.74, 6) is 0.967. The average molecular weight is 294 g/mol. The molecule has 0 spiro atoms. The molecule has 1 atom stereocenters. The van der Waals surface area contributed by atoms with E-state index in [9.17, 15) is 0 Å². The molecule has 0 amide bonds. The SMILES string of the molecule is CCOc1ccccc1C(CN(CCOC)C(C)C)NC. The van der Waals surface area contributed by atoms with Crippen LogP contribution in [0.3, 0.4) is 0 Å². The molecule has 0 aliphatic carbocycles. The van der Waals surface area contributed by atoms with E-state index in [4.69, 9.17) is 9.47 Å². The highest BCUT2D eigenvalue weighted by Gasteiger charge is 2.19. The Balaban J connectivity index is 2.85. The Morgan fingerprint density at radius 1 is 1.24 bits per heavy atom. The highest BCUT2D eigenvalue weighted by Crippen LogP contribution is 2.26. The zero-order valence-electron chi connectivity index (χ0n) is 14.1. The maximum Gasteiger partial charge on any atom is 0.124 e. The molecule has 0 aliphatic rings. The number of para-hydroxylation sites is 1. The monoisotopic (exact) mass is 294 g/mol. The largest absolute Gasteiger partial charge is 0.494 e. The fraction of sp³-hybridized carbons (Fsp3) is 0.647. The lowest BCUT2D eigenvalue weighted by Gasteiger charge is -2.31. The van der Waals surface area contributed by atoms with E-state index in [1.165, 1.54) is 5.56 Å². The van der Waals surface area contributed by atoms with Crippen molar-refractivity contribution in [3.05, 3.63) is 29.8 Å². The fourth-order valence-electron chi connectivity index (χ4n) is 2.40. The summed E-state index contributed by atoms with van der Waals surface area (Å²) in [5.41, 5.74) is 1.21. The van der Waals surface area contributed by atoms with Crippen molar-refractivity contribution in [3.8, 4) is 5.75 Å². The van der Waals surface area contributed by atoms with Gasteiger partial charge in [0.2, 0.25) is 0 Å². The van der Waals surface area contributed by atoms with Crippen LogP contribution < -0.4 is 10.1 Å². The maximum absolute atomic E-state index is 5.76. The lowest BCUT2D eigenvalue weighted by atomic mass is 10.0. The van der Waals surface area contributed by atoms with Crippen LogP contribution in [0, 0.1) is 0 Å². The van der Waals surface area contributed by atoms with E-state index in [0.717, 1.165) is 25.4 Å². The Hall–Kier alpha value is -1.10. The molecule has 4 heteroatoms. The minimum Gasteiger partial charge on any atom is -0.494 e. The lowest BCUT2D eigenvalue weighted by Crippen LogP contribution is -2.40. The van der Waals surface area contributed by atoms with Crippen molar-refractivity contribution in [3.63, 3.8) is 0 Å². The van der Waals surface area contributed by atoms with Gasteiger partial charge < -0.3 is 14.8 Å². The quantitative estimate of drug-likeness (QED) is 0.719. The Bertz CT molecular complexity index is 396. The lowest BCUT2D eigenvalue weighted by molar-refractivity contribution is 0.121. The molecule has 0 saturated carbocycles. The van der Waals surface area contributed by atoms with Gasteiger partial charge in [-0.3, -0.25) is 4.90 Å². The van der Waals surface area contributed by atoms with Gasteiger partial charge in [0.15, 0.2) is 0 Å². The van der Waals surface area contributed by atoms with Crippen LogP contribution in [0.5, 0.6) is 5.75 Å². The Labute approximate surface area is 129 Å². The molecule has 1 aromatic rings. The number of ether oxygens (including phenoxy) is 2. The van der Waals surface area contributed by atoms with Gasteiger partial charge in [-0.15, -0.1) is 0 Å². The van der Waals surface area contributed by atoms with Gasteiger partial charge in [-0.05, 0) is 33.9 Å². The molecular weight excluding hydrogens is 264 g/mol. The number of methoxy groups -OCH3 is 1. The molecule has 0 radical (unpaired) electrons. The van der Waals surface area contributed by atoms with Crippen LogP contribution in [0.15, 0.2) is 24.3 Å². The van der Waals surface area contributed by atoms with E-state index in [1.807, 2.05) is 26.1 Å². The van der Waals surface area contributed by atoms with Gasteiger partial charge in [-0.1, -0.05) is 18.2 Å². The summed E-state index contributed by atoms with van der Waals surface area (Å²) in [4.78, 5) is 2.42. The maximum atomic E-state index is 5.76. The van der Waals surface area contributed by atoms with Crippen LogP contribution in [-0.4, -0.2) is 51.4 Å². The van der Waals surface area contributed by atoms with Crippen molar-refractivity contribution in [2.24, 2.45) is 0 Å². The van der Waals surface area contributed by atoms with E-state index in [2.05, 4.69) is 36.2 Å². The number of hydrogen-bond donors (Lipinski definition) is 1. The van der Waals surface area contributed by atoms with Gasteiger partial charge in [0.25, 0.3) is 0 Å². The van der Waals surface area contributed by atoms with Crippen LogP contribution in [0.25, 0.3) is 0 Å². The number of nitrogens with zero attached hydrogens (tertiary/aromatic N) is 1. The predicted octanol–water partition coefficient (Wildman–Crippen LogP) is 2.70. The molecular formula is C17H30N2O2. The first-order valence-corrected chi connectivity index (χ1v) is 7.76. The molecule has 0 heterocycles. The van der Waals surface area contributed by atoms with Crippen LogP contribution in [0.4, 0.5) is 0 Å². The van der Waals surface area contributed by atoms with Crippen molar-refractivity contribution in [1.82, 2.24) is 10.2 Å². The molecule has 0 bridgehead atoms. The predicted molar refractivity (Wildman–Crippen MR) is 88.0 cm³/mol. The first-order chi connectivity index (χ1) is 10.1. The van der Waals surface area contributed by atoms with Gasteiger partial charge in [0, 0.05) is 37.8 Å². The molecule has 0 aromatic heterocycles. The number of rotatable bonds is 10. The zero-order chi connectivity index (χ0) is 15.7. The molecule has 21 heavy (non-hydrogen) atoms. The van der Waals surface area contributed by atoms with Crippen LogP contribution >= 0.6 is 0 Å². The highest BCUT2D eigenvalue weighted by atomic mass is 16.5. The summed E-state index contributed by atoms with van der Waals surface area (Å²) in [7, 11) is 3.75. The number of benzene rings is 1. The Kier molecular flexibility index (Phi) is 8.35. The van der Waals surface area contributed by atoms with Crippen molar-refractivity contribution in [2.75, 3.05) is 40.5 Å². The van der Waals surface area contributed by atoms with Crippen molar-refractivity contribution in [2.45, 2.75) is 32.9 Å². The molecule has 1 unspecified atom stereocenters. The van der Waals surface area contributed by atoms with Gasteiger partial charge >= 0.3 is 0 Å². The second kappa shape index (κ2) is 9.77.